The van der Waals surface area contributed by atoms with Crippen LogP contribution in [0.15, 0.2) is 34.9 Å². The average molecular weight is 341 g/mol. The van der Waals surface area contributed by atoms with E-state index in [0.717, 1.165) is 60.8 Å². The smallest absolute Gasteiger partial charge is 0.208 e. The molecule has 1 aliphatic heterocycles. The number of hydrogen-bond acceptors (Lipinski definition) is 5. The van der Waals surface area contributed by atoms with Crippen molar-refractivity contribution in [2.45, 2.75) is 19.8 Å². The van der Waals surface area contributed by atoms with Gasteiger partial charge in [0.25, 0.3) is 0 Å². The Bertz CT molecular complexity index is 870. The Morgan fingerprint density at radius 2 is 1.96 bits per heavy atom. The molecule has 25 heavy (non-hydrogen) atoms. The molecule has 0 spiro atoms. The average Bonchev–Trinajstić information content (AvgIpc) is 3.02. The van der Waals surface area contributed by atoms with Crippen LogP contribution in [0.2, 0.25) is 0 Å². The lowest BCUT2D eigenvalue weighted by atomic mass is 10.0. The molecule has 3 heterocycles. The molecule has 3 aromatic rings. The van der Waals surface area contributed by atoms with Gasteiger partial charge in [-0.3, -0.25) is 0 Å². The number of hydrogen-bond donors (Lipinski definition) is 1. The summed E-state index contributed by atoms with van der Waals surface area (Å²) in [5, 5.41) is 7.53. The summed E-state index contributed by atoms with van der Waals surface area (Å²) in [6.45, 7) is 4.36. The van der Waals surface area contributed by atoms with Crippen molar-refractivity contribution in [1.82, 2.24) is 10.1 Å². The molecule has 0 saturated carbocycles. The summed E-state index contributed by atoms with van der Waals surface area (Å²) < 4.78 is 24.1. The summed E-state index contributed by atoms with van der Waals surface area (Å²) in [6, 6.07) is 8.29. The van der Waals surface area contributed by atoms with E-state index in [1.165, 1.54) is 12.1 Å². The van der Waals surface area contributed by atoms with Gasteiger partial charge in [-0.05, 0) is 56.0 Å². The molecule has 6 heteroatoms. The third kappa shape index (κ3) is 3.35. The van der Waals surface area contributed by atoms with Crippen LogP contribution in [-0.2, 0) is 4.74 Å². The van der Waals surface area contributed by atoms with Crippen LogP contribution in [0, 0.1) is 18.7 Å². The fourth-order valence-corrected chi connectivity index (χ4v) is 3.13. The second kappa shape index (κ2) is 6.80. The summed E-state index contributed by atoms with van der Waals surface area (Å²) in [4.78, 5) is 4.65. The van der Waals surface area contributed by atoms with Crippen molar-refractivity contribution in [3.63, 3.8) is 0 Å². The molecule has 0 amide bonds. The van der Waals surface area contributed by atoms with Crippen LogP contribution in [0.5, 0.6) is 0 Å². The van der Waals surface area contributed by atoms with E-state index in [4.69, 9.17) is 9.26 Å². The molecular weight excluding hydrogens is 321 g/mol. The number of aromatic nitrogens is 2. The van der Waals surface area contributed by atoms with E-state index >= 15 is 0 Å². The molecule has 130 valence electrons. The Morgan fingerprint density at radius 1 is 1.20 bits per heavy atom. The third-order valence-corrected chi connectivity index (χ3v) is 4.65. The number of fused-ring (bicyclic) bond motifs is 1. The van der Waals surface area contributed by atoms with Gasteiger partial charge in [0.1, 0.15) is 17.0 Å². The van der Waals surface area contributed by atoms with Gasteiger partial charge in [0, 0.05) is 25.3 Å². The molecule has 5 nitrogen and oxygen atoms in total. The molecular formula is C19H20FN3O2. The van der Waals surface area contributed by atoms with Gasteiger partial charge in [-0.25, -0.2) is 9.37 Å². The lowest BCUT2D eigenvalue weighted by Gasteiger charge is -2.22. The van der Waals surface area contributed by atoms with E-state index in [9.17, 15) is 4.39 Å². The Balaban J connectivity index is 1.67. The van der Waals surface area contributed by atoms with Crippen molar-refractivity contribution < 1.29 is 13.7 Å². The topological polar surface area (TPSA) is 60.2 Å². The highest BCUT2D eigenvalue weighted by molar-refractivity contribution is 5.90. The zero-order valence-corrected chi connectivity index (χ0v) is 14.1. The Kier molecular flexibility index (Phi) is 4.36. The minimum absolute atomic E-state index is 0.260. The largest absolute Gasteiger partial charge is 0.382 e. The van der Waals surface area contributed by atoms with Gasteiger partial charge < -0.3 is 14.6 Å². The molecule has 0 aliphatic carbocycles. The number of nitrogens with one attached hydrogen (secondary N) is 1. The van der Waals surface area contributed by atoms with Crippen molar-refractivity contribution in [3.8, 4) is 11.3 Å². The molecule has 2 aromatic heterocycles. The van der Waals surface area contributed by atoms with E-state index in [2.05, 4.69) is 15.5 Å². The monoisotopic (exact) mass is 341 g/mol. The third-order valence-electron chi connectivity index (χ3n) is 4.65. The first-order valence-corrected chi connectivity index (χ1v) is 8.55. The predicted molar refractivity (Wildman–Crippen MR) is 94.0 cm³/mol. The zero-order valence-electron chi connectivity index (χ0n) is 14.1. The van der Waals surface area contributed by atoms with E-state index in [1.54, 1.807) is 12.1 Å². The lowest BCUT2D eigenvalue weighted by molar-refractivity contribution is 0.0699. The lowest BCUT2D eigenvalue weighted by Crippen LogP contribution is -2.22. The summed E-state index contributed by atoms with van der Waals surface area (Å²) in [6.07, 6.45) is 2.11. The van der Waals surface area contributed by atoms with Gasteiger partial charge in [0.2, 0.25) is 5.58 Å². The molecule has 1 aromatic carbocycles. The first-order valence-electron chi connectivity index (χ1n) is 8.55. The Labute approximate surface area is 145 Å². The van der Waals surface area contributed by atoms with Crippen molar-refractivity contribution in [3.05, 3.63) is 41.8 Å². The number of halogens is 1. The predicted octanol–water partition coefficient (Wildman–Crippen LogP) is 4.18. The van der Waals surface area contributed by atoms with Crippen molar-refractivity contribution in [2.75, 3.05) is 25.1 Å². The molecule has 1 fully saturated rings. The van der Waals surface area contributed by atoms with Crippen LogP contribution in [-0.4, -0.2) is 29.9 Å². The SMILES string of the molecule is Cc1noc2c(NCC3CCOCC3)cc(-c3ccc(F)cc3)nc12. The second-order valence-corrected chi connectivity index (χ2v) is 6.44. The van der Waals surface area contributed by atoms with Crippen LogP contribution < -0.4 is 5.32 Å². The molecule has 0 bridgehead atoms. The maximum atomic E-state index is 13.2. The van der Waals surface area contributed by atoms with E-state index in [0.29, 0.717) is 11.5 Å². The number of benzene rings is 1. The maximum Gasteiger partial charge on any atom is 0.208 e. The first-order chi connectivity index (χ1) is 12.2. The zero-order chi connectivity index (χ0) is 17.2. The standard InChI is InChI=1S/C19H20FN3O2/c1-12-18-19(25-23-12)17(21-11-13-6-8-24-9-7-13)10-16(22-18)14-2-4-15(20)5-3-14/h2-5,10,13H,6-9,11H2,1H3,(H,21,22). The Hall–Kier alpha value is -2.47. The molecule has 1 saturated heterocycles. The van der Waals surface area contributed by atoms with E-state index in [1.807, 2.05) is 13.0 Å². The highest BCUT2D eigenvalue weighted by atomic mass is 19.1. The highest BCUT2D eigenvalue weighted by Gasteiger charge is 2.17. The van der Waals surface area contributed by atoms with Crippen molar-refractivity contribution in [1.29, 1.82) is 0 Å². The molecule has 0 unspecified atom stereocenters. The first kappa shape index (κ1) is 16.0. The fraction of sp³-hybridized carbons (Fsp3) is 0.368. The fourth-order valence-electron chi connectivity index (χ4n) is 3.13. The number of anilines is 1. The van der Waals surface area contributed by atoms with Crippen molar-refractivity contribution in [2.24, 2.45) is 5.92 Å². The molecule has 0 radical (unpaired) electrons. The number of ether oxygens (including phenoxy) is 1. The van der Waals surface area contributed by atoms with Crippen LogP contribution in [0.1, 0.15) is 18.5 Å². The summed E-state index contributed by atoms with van der Waals surface area (Å²) in [7, 11) is 0. The molecule has 1 aliphatic rings. The quantitative estimate of drug-likeness (QED) is 0.771. The minimum Gasteiger partial charge on any atom is -0.382 e. The van der Waals surface area contributed by atoms with Gasteiger partial charge >= 0.3 is 0 Å². The van der Waals surface area contributed by atoms with Gasteiger partial charge in [0.15, 0.2) is 0 Å². The van der Waals surface area contributed by atoms with Crippen molar-refractivity contribution >= 4 is 16.8 Å². The number of pyridine rings is 1. The van der Waals surface area contributed by atoms with Gasteiger partial charge in [-0.15, -0.1) is 0 Å². The highest BCUT2D eigenvalue weighted by Crippen LogP contribution is 2.30. The number of rotatable bonds is 4. The van der Waals surface area contributed by atoms with E-state index < -0.39 is 0 Å². The number of nitrogens with zero attached hydrogens (tertiary/aromatic N) is 2. The number of aryl methyl sites for hydroxylation is 1. The summed E-state index contributed by atoms with van der Waals surface area (Å²) in [5.74, 6) is 0.319. The van der Waals surface area contributed by atoms with Gasteiger partial charge in [-0.2, -0.15) is 0 Å². The van der Waals surface area contributed by atoms with E-state index in [-0.39, 0.29) is 5.82 Å². The van der Waals surface area contributed by atoms with Crippen LogP contribution in [0.4, 0.5) is 10.1 Å². The molecule has 0 atom stereocenters. The summed E-state index contributed by atoms with van der Waals surface area (Å²) >= 11 is 0. The Morgan fingerprint density at radius 3 is 2.72 bits per heavy atom. The minimum atomic E-state index is -0.260. The van der Waals surface area contributed by atoms with Crippen LogP contribution in [0.25, 0.3) is 22.4 Å². The molecule has 1 N–H and O–H groups in total. The summed E-state index contributed by atoms with van der Waals surface area (Å²) in [5.41, 5.74) is 4.64. The maximum absolute atomic E-state index is 13.2. The van der Waals surface area contributed by atoms with Crippen LogP contribution >= 0.6 is 0 Å². The molecule has 4 rings (SSSR count). The normalized spacial score (nSPS) is 15.6. The van der Waals surface area contributed by atoms with Gasteiger partial charge in [-0.1, -0.05) is 5.16 Å². The van der Waals surface area contributed by atoms with Crippen LogP contribution in [0.3, 0.4) is 0 Å². The second-order valence-electron chi connectivity index (χ2n) is 6.44. The van der Waals surface area contributed by atoms with Gasteiger partial charge in [0.05, 0.1) is 11.4 Å².